The van der Waals surface area contributed by atoms with Gasteiger partial charge in [0.05, 0.1) is 6.04 Å². The minimum absolute atomic E-state index is 0.0313. The minimum atomic E-state index is -0.0313. The van der Waals surface area contributed by atoms with E-state index in [1.165, 1.54) is 50.1 Å². The molecule has 2 fully saturated rings. The second-order valence-corrected chi connectivity index (χ2v) is 8.81. The third-order valence-electron chi connectivity index (χ3n) is 5.54. The zero-order chi connectivity index (χ0) is 18.2. The number of carbonyl (C=O) groups excluding carboxylic acids is 1. The van der Waals surface area contributed by atoms with E-state index in [1.54, 1.807) is 11.3 Å². The number of nitrogens with one attached hydrogen (secondary N) is 2. The Balaban J connectivity index is 1.39. The first-order valence-corrected chi connectivity index (χ1v) is 11.1. The quantitative estimate of drug-likeness (QED) is 0.730. The van der Waals surface area contributed by atoms with Gasteiger partial charge in [0.25, 0.3) is 0 Å². The predicted molar refractivity (Wildman–Crippen MR) is 109 cm³/mol. The van der Waals surface area contributed by atoms with Gasteiger partial charge >= 0.3 is 6.03 Å². The third kappa shape index (κ3) is 5.96. The summed E-state index contributed by atoms with van der Waals surface area (Å²) < 4.78 is 0. The molecule has 2 amide bonds. The first-order chi connectivity index (χ1) is 12.7. The lowest BCUT2D eigenvalue weighted by Gasteiger charge is -2.29. The van der Waals surface area contributed by atoms with Gasteiger partial charge < -0.3 is 15.5 Å². The van der Waals surface area contributed by atoms with Crippen molar-refractivity contribution in [3.05, 3.63) is 22.4 Å². The molecule has 0 aromatic carbocycles. The van der Waals surface area contributed by atoms with Crippen molar-refractivity contribution in [3.63, 3.8) is 0 Å². The highest BCUT2D eigenvalue weighted by atomic mass is 32.1. The van der Waals surface area contributed by atoms with Gasteiger partial charge in [0.1, 0.15) is 0 Å². The van der Waals surface area contributed by atoms with Crippen molar-refractivity contribution in [2.45, 2.75) is 45.1 Å². The van der Waals surface area contributed by atoms with Crippen LogP contribution in [0.3, 0.4) is 0 Å². The van der Waals surface area contributed by atoms with Crippen molar-refractivity contribution in [1.82, 2.24) is 20.4 Å². The highest BCUT2D eigenvalue weighted by Crippen LogP contribution is 2.27. The van der Waals surface area contributed by atoms with Crippen LogP contribution in [-0.2, 0) is 0 Å². The van der Waals surface area contributed by atoms with Gasteiger partial charge in [0.2, 0.25) is 0 Å². The van der Waals surface area contributed by atoms with Crippen LogP contribution in [0, 0.1) is 5.92 Å². The number of nitrogens with zero attached hydrogens (tertiary/aromatic N) is 2. The van der Waals surface area contributed by atoms with Crippen LogP contribution in [0.1, 0.15) is 49.9 Å². The number of carbonyl (C=O) groups is 1. The molecule has 1 aromatic rings. The Bertz CT molecular complexity index is 524. The second-order valence-electron chi connectivity index (χ2n) is 7.83. The Hall–Kier alpha value is -1.11. The molecular weight excluding hydrogens is 344 g/mol. The van der Waals surface area contributed by atoms with E-state index in [-0.39, 0.29) is 6.03 Å². The van der Waals surface area contributed by atoms with Gasteiger partial charge in [-0.2, -0.15) is 0 Å². The SMILES string of the molecule is CC(CNC(=O)NCC(c1cccs1)N1CCCC1)CN1CCCCC1. The molecule has 0 aliphatic carbocycles. The topological polar surface area (TPSA) is 47.6 Å². The number of thiophene rings is 1. The highest BCUT2D eigenvalue weighted by molar-refractivity contribution is 7.10. The van der Waals surface area contributed by atoms with Crippen molar-refractivity contribution < 1.29 is 4.79 Å². The molecule has 2 unspecified atom stereocenters. The molecule has 0 spiro atoms. The highest BCUT2D eigenvalue weighted by Gasteiger charge is 2.24. The Morgan fingerprint density at radius 3 is 2.46 bits per heavy atom. The molecule has 26 heavy (non-hydrogen) atoms. The lowest BCUT2D eigenvalue weighted by Crippen LogP contribution is -2.44. The Kier molecular flexibility index (Phi) is 7.77. The predicted octanol–water partition coefficient (Wildman–Crippen LogP) is 3.31. The van der Waals surface area contributed by atoms with Crippen LogP contribution in [0.4, 0.5) is 4.79 Å². The van der Waals surface area contributed by atoms with Gasteiger partial charge in [-0.15, -0.1) is 11.3 Å². The van der Waals surface area contributed by atoms with Gasteiger partial charge in [-0.3, -0.25) is 4.90 Å². The number of urea groups is 1. The molecule has 2 N–H and O–H groups in total. The fourth-order valence-corrected chi connectivity index (χ4v) is 4.97. The average molecular weight is 379 g/mol. The molecule has 146 valence electrons. The summed E-state index contributed by atoms with van der Waals surface area (Å²) in [5, 5.41) is 8.31. The Labute approximate surface area is 162 Å². The van der Waals surface area contributed by atoms with Crippen LogP contribution in [0.15, 0.2) is 17.5 Å². The van der Waals surface area contributed by atoms with Crippen LogP contribution >= 0.6 is 11.3 Å². The van der Waals surface area contributed by atoms with E-state index in [4.69, 9.17) is 0 Å². The van der Waals surface area contributed by atoms with Crippen molar-refractivity contribution in [1.29, 1.82) is 0 Å². The number of hydrogen-bond acceptors (Lipinski definition) is 4. The van der Waals surface area contributed by atoms with Crippen LogP contribution in [0.5, 0.6) is 0 Å². The van der Waals surface area contributed by atoms with Crippen LogP contribution in [0.2, 0.25) is 0 Å². The van der Waals surface area contributed by atoms with E-state index >= 15 is 0 Å². The van der Waals surface area contributed by atoms with E-state index in [0.717, 1.165) is 26.2 Å². The van der Waals surface area contributed by atoms with E-state index in [0.29, 0.717) is 18.5 Å². The van der Waals surface area contributed by atoms with Gasteiger partial charge in [0.15, 0.2) is 0 Å². The summed E-state index contributed by atoms with van der Waals surface area (Å²) in [6.07, 6.45) is 6.54. The number of hydrogen-bond donors (Lipinski definition) is 2. The van der Waals surface area contributed by atoms with Crippen LogP contribution in [0.25, 0.3) is 0 Å². The molecule has 5 nitrogen and oxygen atoms in total. The molecule has 0 bridgehead atoms. The maximum absolute atomic E-state index is 12.3. The van der Waals surface area contributed by atoms with E-state index in [9.17, 15) is 4.79 Å². The lowest BCUT2D eigenvalue weighted by atomic mass is 10.1. The van der Waals surface area contributed by atoms with E-state index in [1.807, 2.05) is 0 Å². The average Bonchev–Trinajstić information content (AvgIpc) is 3.35. The van der Waals surface area contributed by atoms with Gasteiger partial charge in [-0.05, 0) is 69.2 Å². The monoisotopic (exact) mass is 378 g/mol. The Morgan fingerprint density at radius 2 is 1.77 bits per heavy atom. The van der Waals surface area contributed by atoms with Crippen LogP contribution in [-0.4, -0.2) is 61.6 Å². The van der Waals surface area contributed by atoms with Crippen LogP contribution < -0.4 is 10.6 Å². The smallest absolute Gasteiger partial charge is 0.314 e. The zero-order valence-electron chi connectivity index (χ0n) is 16.1. The molecule has 3 rings (SSSR count). The van der Waals surface area contributed by atoms with Gasteiger partial charge in [-0.1, -0.05) is 19.4 Å². The minimum Gasteiger partial charge on any atom is -0.338 e. The fourth-order valence-electron chi connectivity index (χ4n) is 4.11. The van der Waals surface area contributed by atoms with E-state index < -0.39 is 0 Å². The molecule has 2 atom stereocenters. The lowest BCUT2D eigenvalue weighted by molar-refractivity contribution is 0.196. The largest absolute Gasteiger partial charge is 0.338 e. The molecule has 0 radical (unpaired) electrons. The molecule has 3 heterocycles. The first kappa shape index (κ1) is 19.6. The maximum Gasteiger partial charge on any atom is 0.314 e. The normalized spacial score (nSPS) is 21.4. The molecule has 2 aliphatic heterocycles. The van der Waals surface area contributed by atoms with Crippen molar-refractivity contribution in [2.75, 3.05) is 45.8 Å². The maximum atomic E-state index is 12.3. The summed E-state index contributed by atoms with van der Waals surface area (Å²) in [4.78, 5) is 18.7. The molecule has 2 aliphatic rings. The molecule has 0 saturated carbocycles. The molecule has 2 saturated heterocycles. The van der Waals surface area contributed by atoms with Crippen molar-refractivity contribution >= 4 is 17.4 Å². The number of likely N-dealkylation sites (tertiary alicyclic amines) is 2. The van der Waals surface area contributed by atoms with Gasteiger partial charge in [-0.25, -0.2) is 4.79 Å². The summed E-state index contributed by atoms with van der Waals surface area (Å²) in [6, 6.07) is 4.57. The summed E-state index contributed by atoms with van der Waals surface area (Å²) in [5.74, 6) is 0.491. The third-order valence-corrected chi connectivity index (χ3v) is 6.51. The van der Waals surface area contributed by atoms with E-state index in [2.05, 4.69) is 44.9 Å². The molecule has 1 aromatic heterocycles. The summed E-state index contributed by atoms with van der Waals surface area (Å²) in [7, 11) is 0. The molecule has 6 heteroatoms. The van der Waals surface area contributed by atoms with Crippen molar-refractivity contribution in [3.8, 4) is 0 Å². The van der Waals surface area contributed by atoms with Crippen molar-refractivity contribution in [2.24, 2.45) is 5.92 Å². The standard InChI is InChI=1S/C20H34N4OS/c1-17(16-23-9-3-2-4-10-23)14-21-20(25)22-15-18(19-8-7-13-26-19)24-11-5-6-12-24/h7-8,13,17-18H,2-6,9-12,14-16H2,1H3,(H2,21,22,25). The number of rotatable bonds is 8. The summed E-state index contributed by atoms with van der Waals surface area (Å²) in [5.41, 5.74) is 0. The first-order valence-electron chi connectivity index (χ1n) is 10.2. The molecular formula is C20H34N4OS. The zero-order valence-corrected chi connectivity index (χ0v) is 16.9. The van der Waals surface area contributed by atoms with Gasteiger partial charge in [0, 0.05) is 24.5 Å². The Morgan fingerprint density at radius 1 is 1.08 bits per heavy atom. The number of piperidine rings is 1. The summed E-state index contributed by atoms with van der Waals surface area (Å²) in [6.45, 7) is 9.46. The summed E-state index contributed by atoms with van der Waals surface area (Å²) >= 11 is 1.79. The second kappa shape index (κ2) is 10.3. The fraction of sp³-hybridized carbons (Fsp3) is 0.750. The number of amides is 2.